The lowest BCUT2D eigenvalue weighted by Crippen LogP contribution is -2.45. The van der Waals surface area contributed by atoms with Gasteiger partial charge in [0, 0.05) is 6.54 Å². The summed E-state index contributed by atoms with van der Waals surface area (Å²) in [5, 5.41) is 0. The number of hydrogen-bond acceptors (Lipinski definition) is 9. The summed E-state index contributed by atoms with van der Waals surface area (Å²) in [6.07, 6.45) is 3.44. The van der Waals surface area contributed by atoms with Crippen LogP contribution >= 0.6 is 0 Å². The molecule has 0 aliphatic rings. The number of esters is 1. The Morgan fingerprint density at radius 2 is 1.91 bits per heavy atom. The Kier molecular flexibility index (Phi) is 7.26. The van der Waals surface area contributed by atoms with Crippen LogP contribution in [-0.2, 0) is 26.1 Å². The van der Waals surface area contributed by atoms with E-state index in [9.17, 15) is 13.2 Å². The number of benzene rings is 1. The number of rotatable bonds is 10. The molecular weight excluding hydrogens is 436 g/mol. The van der Waals surface area contributed by atoms with Crippen LogP contribution in [0.25, 0.3) is 11.2 Å². The zero-order chi connectivity index (χ0) is 23.3. The molecule has 2 aromatic heterocycles. The number of hydrogen-bond donors (Lipinski definition) is 2. The smallest absolute Gasteiger partial charge is 0.324 e. The SMILES string of the molecule is COc1ccc(S(=O)(=O)N[C@H](C(=O)OCCCn2cnc3c(N)ncnc32)C(C)C)cc1. The van der Waals surface area contributed by atoms with Gasteiger partial charge in [-0.15, -0.1) is 0 Å². The number of carbonyl (C=O) groups excluding carboxylic acids is 1. The number of nitrogens with one attached hydrogen (secondary N) is 1. The summed E-state index contributed by atoms with van der Waals surface area (Å²) < 4.78 is 40.0. The molecule has 0 radical (unpaired) electrons. The highest BCUT2D eigenvalue weighted by Gasteiger charge is 2.29. The molecule has 0 unspecified atom stereocenters. The van der Waals surface area contributed by atoms with Crippen LogP contribution in [-0.4, -0.2) is 53.7 Å². The normalized spacial score (nSPS) is 12.8. The Labute approximate surface area is 186 Å². The van der Waals surface area contributed by atoms with Gasteiger partial charge in [-0.2, -0.15) is 4.72 Å². The van der Waals surface area contributed by atoms with Gasteiger partial charge in [0.1, 0.15) is 23.6 Å². The van der Waals surface area contributed by atoms with Crippen molar-refractivity contribution in [2.45, 2.75) is 37.8 Å². The first-order valence-corrected chi connectivity index (χ1v) is 11.5. The molecule has 172 valence electrons. The number of nitrogens with two attached hydrogens (primary N) is 1. The molecule has 11 nitrogen and oxygen atoms in total. The van der Waals surface area contributed by atoms with Crippen LogP contribution in [0.4, 0.5) is 5.82 Å². The van der Waals surface area contributed by atoms with Crippen molar-refractivity contribution in [3.63, 3.8) is 0 Å². The molecule has 1 atom stereocenters. The van der Waals surface area contributed by atoms with Gasteiger partial charge in [-0.25, -0.2) is 23.4 Å². The van der Waals surface area contributed by atoms with Gasteiger partial charge in [0.25, 0.3) is 0 Å². The number of nitrogen functional groups attached to an aromatic ring is 1. The lowest BCUT2D eigenvalue weighted by atomic mass is 10.1. The molecule has 0 aliphatic carbocycles. The van der Waals surface area contributed by atoms with E-state index in [4.69, 9.17) is 15.2 Å². The van der Waals surface area contributed by atoms with E-state index < -0.39 is 22.0 Å². The summed E-state index contributed by atoms with van der Waals surface area (Å²) in [4.78, 5) is 24.9. The second kappa shape index (κ2) is 9.92. The predicted octanol–water partition coefficient (Wildman–Crippen LogP) is 1.35. The molecule has 0 bridgehead atoms. The Balaban J connectivity index is 1.58. The maximum absolute atomic E-state index is 12.7. The second-order valence-corrected chi connectivity index (χ2v) is 9.12. The highest BCUT2D eigenvalue weighted by molar-refractivity contribution is 7.89. The van der Waals surface area contributed by atoms with E-state index in [0.29, 0.717) is 35.7 Å². The van der Waals surface area contributed by atoms with Crippen LogP contribution in [0, 0.1) is 5.92 Å². The molecule has 1 aromatic carbocycles. The number of fused-ring (bicyclic) bond motifs is 1. The summed E-state index contributed by atoms with van der Waals surface area (Å²) in [5.74, 6) is -0.125. The minimum Gasteiger partial charge on any atom is -0.497 e. The molecule has 12 heteroatoms. The average molecular weight is 463 g/mol. The standard InChI is InChI=1S/C20H26N6O5S/c1-13(2)16(25-32(28,29)15-7-5-14(30-3)6-8-15)20(27)31-10-4-9-26-12-24-17-18(21)22-11-23-19(17)26/h5-8,11-13,16,25H,4,9-10H2,1-3H3,(H2,21,22,23)/t16-/m0/s1. The van der Waals surface area contributed by atoms with Gasteiger partial charge in [0.05, 0.1) is 24.9 Å². The van der Waals surface area contributed by atoms with E-state index >= 15 is 0 Å². The highest BCUT2D eigenvalue weighted by Crippen LogP contribution is 2.18. The van der Waals surface area contributed by atoms with Gasteiger partial charge >= 0.3 is 5.97 Å². The average Bonchev–Trinajstić information content (AvgIpc) is 3.19. The number of nitrogens with zero attached hydrogens (tertiary/aromatic N) is 4. The van der Waals surface area contributed by atoms with Crippen molar-refractivity contribution in [1.82, 2.24) is 24.2 Å². The fraction of sp³-hybridized carbons (Fsp3) is 0.400. The number of ether oxygens (including phenoxy) is 2. The van der Waals surface area contributed by atoms with Crippen molar-refractivity contribution in [2.75, 3.05) is 19.5 Å². The van der Waals surface area contributed by atoms with E-state index in [1.807, 2.05) is 0 Å². The number of imidazole rings is 1. The largest absolute Gasteiger partial charge is 0.497 e. The number of carbonyl (C=O) groups is 1. The summed E-state index contributed by atoms with van der Waals surface area (Å²) in [7, 11) is -2.42. The lowest BCUT2D eigenvalue weighted by Gasteiger charge is -2.21. The van der Waals surface area contributed by atoms with Crippen LogP contribution in [0.5, 0.6) is 5.75 Å². The summed E-state index contributed by atoms with van der Waals surface area (Å²) in [6.45, 7) is 4.07. The number of aromatic nitrogens is 4. The molecule has 0 saturated carbocycles. The molecule has 3 N–H and O–H groups in total. The van der Waals surface area contributed by atoms with E-state index in [0.717, 1.165) is 0 Å². The van der Waals surface area contributed by atoms with E-state index in [1.165, 1.54) is 37.7 Å². The van der Waals surface area contributed by atoms with Crippen LogP contribution in [0.3, 0.4) is 0 Å². The Hall–Kier alpha value is -3.25. The molecule has 2 heterocycles. The van der Waals surface area contributed by atoms with Gasteiger partial charge < -0.3 is 19.8 Å². The summed E-state index contributed by atoms with van der Waals surface area (Å²) >= 11 is 0. The quantitative estimate of drug-likeness (QED) is 0.336. The summed E-state index contributed by atoms with van der Waals surface area (Å²) in [6, 6.07) is 4.87. The van der Waals surface area contributed by atoms with E-state index in [2.05, 4.69) is 19.7 Å². The molecular formula is C20H26N6O5S. The van der Waals surface area contributed by atoms with Crippen LogP contribution in [0.1, 0.15) is 20.3 Å². The third kappa shape index (κ3) is 5.32. The minimum absolute atomic E-state index is 0.0324. The molecule has 0 fully saturated rings. The first-order valence-electron chi connectivity index (χ1n) is 9.97. The van der Waals surface area contributed by atoms with Crippen molar-refractivity contribution in [1.29, 1.82) is 0 Å². The topological polar surface area (TPSA) is 151 Å². The zero-order valence-corrected chi connectivity index (χ0v) is 18.9. The van der Waals surface area contributed by atoms with E-state index in [1.54, 1.807) is 24.7 Å². The number of aryl methyl sites for hydroxylation is 1. The molecule has 0 spiro atoms. The Morgan fingerprint density at radius 3 is 2.56 bits per heavy atom. The monoisotopic (exact) mass is 462 g/mol. The molecule has 0 aliphatic heterocycles. The van der Waals surface area contributed by atoms with Gasteiger partial charge in [-0.05, 0) is 36.6 Å². The number of anilines is 1. The van der Waals surface area contributed by atoms with Crippen molar-refractivity contribution in [3.8, 4) is 5.75 Å². The van der Waals surface area contributed by atoms with Crippen molar-refractivity contribution < 1.29 is 22.7 Å². The maximum atomic E-state index is 12.7. The first-order chi connectivity index (χ1) is 15.2. The van der Waals surface area contributed by atoms with Crippen molar-refractivity contribution in [2.24, 2.45) is 5.92 Å². The molecule has 0 amide bonds. The predicted molar refractivity (Wildman–Crippen MR) is 117 cm³/mol. The Morgan fingerprint density at radius 1 is 1.19 bits per heavy atom. The second-order valence-electron chi connectivity index (χ2n) is 7.41. The third-order valence-corrected chi connectivity index (χ3v) is 6.25. The molecule has 32 heavy (non-hydrogen) atoms. The Bertz CT molecular complexity index is 1180. The lowest BCUT2D eigenvalue weighted by molar-refractivity contribution is -0.147. The number of methoxy groups -OCH3 is 1. The fourth-order valence-electron chi connectivity index (χ4n) is 3.01. The first kappa shape index (κ1) is 23.4. The highest BCUT2D eigenvalue weighted by atomic mass is 32.2. The summed E-state index contributed by atoms with van der Waals surface area (Å²) in [5.41, 5.74) is 6.88. The van der Waals surface area contributed by atoms with Crippen LogP contribution in [0.2, 0.25) is 0 Å². The third-order valence-electron chi connectivity index (χ3n) is 4.79. The molecule has 3 aromatic rings. The van der Waals surface area contributed by atoms with Gasteiger partial charge in [-0.3, -0.25) is 4.79 Å². The van der Waals surface area contributed by atoms with Crippen LogP contribution in [0.15, 0.2) is 41.8 Å². The zero-order valence-electron chi connectivity index (χ0n) is 18.1. The van der Waals surface area contributed by atoms with Crippen molar-refractivity contribution >= 4 is 33.0 Å². The minimum atomic E-state index is -3.91. The number of sulfonamides is 1. The van der Waals surface area contributed by atoms with Crippen molar-refractivity contribution in [3.05, 3.63) is 36.9 Å². The molecule has 3 rings (SSSR count). The maximum Gasteiger partial charge on any atom is 0.324 e. The van der Waals surface area contributed by atoms with Gasteiger partial charge in [0.15, 0.2) is 11.5 Å². The van der Waals surface area contributed by atoms with E-state index in [-0.39, 0.29) is 17.4 Å². The van der Waals surface area contributed by atoms with Gasteiger partial charge in [0.2, 0.25) is 10.0 Å². The van der Waals surface area contributed by atoms with Gasteiger partial charge in [-0.1, -0.05) is 13.8 Å². The fourth-order valence-corrected chi connectivity index (χ4v) is 4.34. The van der Waals surface area contributed by atoms with Crippen LogP contribution < -0.4 is 15.2 Å². The molecule has 0 saturated heterocycles.